The Labute approximate surface area is 114 Å². The minimum Gasteiger partial charge on any atom is -0.468 e. The van der Waals surface area contributed by atoms with E-state index in [0.29, 0.717) is 11.7 Å². The molecule has 0 aromatic rings. The molecule has 0 amide bonds. The molecule has 1 rings (SSSR count). The number of hydrogen-bond acceptors (Lipinski definition) is 4. The Morgan fingerprint density at radius 3 is 2.61 bits per heavy atom. The molecule has 18 heavy (non-hydrogen) atoms. The Bertz CT molecular complexity index is 330. The van der Waals surface area contributed by atoms with Crippen molar-refractivity contribution in [1.29, 1.82) is 5.26 Å². The molecular weight excluding hydrogens is 246 g/mol. The van der Waals surface area contributed by atoms with Crippen LogP contribution in [-0.4, -0.2) is 24.1 Å². The molecule has 3 nitrogen and oxygen atoms in total. The Morgan fingerprint density at radius 2 is 2.11 bits per heavy atom. The minimum atomic E-state index is -0.199. The van der Waals surface area contributed by atoms with Crippen molar-refractivity contribution >= 4 is 17.7 Å². The molecule has 3 atom stereocenters. The SMILES string of the molecule is COC(=O)CSC1CC(C(C)(C)C)CCC1C#N. The molecule has 0 bridgehead atoms. The van der Waals surface area contributed by atoms with E-state index in [1.165, 1.54) is 7.11 Å². The molecule has 1 fully saturated rings. The summed E-state index contributed by atoms with van der Waals surface area (Å²) in [6.07, 6.45) is 3.11. The number of nitrogens with zero attached hydrogens (tertiary/aromatic N) is 1. The maximum absolute atomic E-state index is 11.2. The molecule has 4 heteroatoms. The third-order valence-corrected chi connectivity index (χ3v) is 5.18. The van der Waals surface area contributed by atoms with E-state index < -0.39 is 0 Å². The first-order valence-electron chi connectivity index (χ1n) is 6.46. The fraction of sp³-hybridized carbons (Fsp3) is 0.857. The highest BCUT2D eigenvalue weighted by Crippen LogP contribution is 2.43. The largest absolute Gasteiger partial charge is 0.468 e. The molecule has 1 aliphatic carbocycles. The van der Waals surface area contributed by atoms with Crippen molar-refractivity contribution in [2.24, 2.45) is 17.3 Å². The third kappa shape index (κ3) is 4.20. The molecule has 102 valence electrons. The number of carbonyl (C=O) groups excluding carboxylic acids is 1. The summed E-state index contributed by atoms with van der Waals surface area (Å²) in [5.41, 5.74) is 0.282. The molecule has 0 aromatic heterocycles. The highest BCUT2D eigenvalue weighted by Gasteiger charge is 2.36. The van der Waals surface area contributed by atoms with E-state index in [1.54, 1.807) is 11.8 Å². The van der Waals surface area contributed by atoms with E-state index in [0.717, 1.165) is 19.3 Å². The Morgan fingerprint density at radius 1 is 1.44 bits per heavy atom. The first-order valence-corrected chi connectivity index (χ1v) is 7.51. The predicted octanol–water partition coefficient (Wildman–Crippen LogP) is 3.25. The quantitative estimate of drug-likeness (QED) is 0.738. The van der Waals surface area contributed by atoms with Gasteiger partial charge in [-0.3, -0.25) is 4.79 Å². The van der Waals surface area contributed by atoms with Gasteiger partial charge in [0, 0.05) is 5.25 Å². The average molecular weight is 269 g/mol. The van der Waals surface area contributed by atoms with Gasteiger partial charge in [-0.25, -0.2) is 0 Å². The van der Waals surface area contributed by atoms with Crippen LogP contribution < -0.4 is 0 Å². The van der Waals surface area contributed by atoms with Gasteiger partial charge < -0.3 is 4.74 Å². The molecule has 0 aliphatic heterocycles. The van der Waals surface area contributed by atoms with Gasteiger partial charge in [-0.05, 0) is 30.6 Å². The van der Waals surface area contributed by atoms with Crippen molar-refractivity contribution in [3.63, 3.8) is 0 Å². The Balaban J connectivity index is 2.60. The highest BCUT2D eigenvalue weighted by atomic mass is 32.2. The zero-order valence-corrected chi connectivity index (χ0v) is 12.5. The van der Waals surface area contributed by atoms with E-state index >= 15 is 0 Å². The van der Waals surface area contributed by atoms with Crippen molar-refractivity contribution in [2.45, 2.75) is 45.3 Å². The zero-order valence-electron chi connectivity index (χ0n) is 11.7. The highest BCUT2D eigenvalue weighted by molar-refractivity contribution is 8.00. The second-order valence-electron chi connectivity index (χ2n) is 6.04. The van der Waals surface area contributed by atoms with E-state index in [9.17, 15) is 10.1 Å². The van der Waals surface area contributed by atoms with Gasteiger partial charge in [0.1, 0.15) is 0 Å². The molecule has 0 heterocycles. The lowest BCUT2D eigenvalue weighted by atomic mass is 9.70. The van der Waals surface area contributed by atoms with Crippen LogP contribution in [0.1, 0.15) is 40.0 Å². The van der Waals surface area contributed by atoms with Gasteiger partial charge in [0.15, 0.2) is 0 Å². The molecule has 0 saturated heterocycles. The summed E-state index contributed by atoms with van der Waals surface area (Å²) in [6.45, 7) is 6.77. The van der Waals surface area contributed by atoms with Gasteiger partial charge in [0.05, 0.1) is 24.8 Å². The van der Waals surface area contributed by atoms with E-state index in [4.69, 9.17) is 0 Å². The number of carbonyl (C=O) groups is 1. The molecular formula is C14H23NO2S. The van der Waals surface area contributed by atoms with Crippen molar-refractivity contribution in [1.82, 2.24) is 0 Å². The van der Waals surface area contributed by atoms with Crippen molar-refractivity contribution < 1.29 is 9.53 Å². The lowest BCUT2D eigenvalue weighted by Gasteiger charge is -2.39. The van der Waals surface area contributed by atoms with Gasteiger partial charge in [0.25, 0.3) is 0 Å². The molecule has 0 radical (unpaired) electrons. The monoisotopic (exact) mass is 269 g/mol. The Kier molecular flexibility index (Phi) is 5.52. The predicted molar refractivity (Wildman–Crippen MR) is 74.2 cm³/mol. The summed E-state index contributed by atoms with van der Waals surface area (Å²) in [7, 11) is 1.41. The number of nitriles is 1. The standard InChI is InChI=1S/C14H23NO2S/c1-14(2,3)11-6-5-10(8-15)12(7-11)18-9-13(16)17-4/h10-12H,5-7,9H2,1-4H3. The van der Waals surface area contributed by atoms with Crippen LogP contribution in [0.2, 0.25) is 0 Å². The second kappa shape index (κ2) is 6.47. The van der Waals surface area contributed by atoms with Crippen LogP contribution in [-0.2, 0) is 9.53 Å². The minimum absolute atomic E-state index is 0.0817. The number of ether oxygens (including phenoxy) is 1. The second-order valence-corrected chi connectivity index (χ2v) is 7.26. The molecule has 0 N–H and O–H groups in total. The van der Waals surface area contributed by atoms with Crippen molar-refractivity contribution in [3.05, 3.63) is 0 Å². The number of hydrogen-bond donors (Lipinski definition) is 0. The number of thioether (sulfide) groups is 1. The van der Waals surface area contributed by atoms with Crippen molar-refractivity contribution in [2.75, 3.05) is 12.9 Å². The number of methoxy groups -OCH3 is 1. The maximum Gasteiger partial charge on any atom is 0.315 e. The fourth-order valence-corrected chi connectivity index (χ4v) is 3.75. The summed E-state index contributed by atoms with van der Waals surface area (Å²) in [5.74, 6) is 0.876. The third-order valence-electron chi connectivity index (χ3n) is 3.83. The number of rotatable bonds is 3. The van der Waals surface area contributed by atoms with Crippen LogP contribution in [0.15, 0.2) is 0 Å². The van der Waals surface area contributed by atoms with Crippen LogP contribution in [0, 0.1) is 28.6 Å². The van der Waals surface area contributed by atoms with Crippen LogP contribution in [0.25, 0.3) is 0 Å². The lowest BCUT2D eigenvalue weighted by Crippen LogP contribution is -2.33. The van der Waals surface area contributed by atoms with Gasteiger partial charge in [0.2, 0.25) is 0 Å². The van der Waals surface area contributed by atoms with Crippen LogP contribution in [0.5, 0.6) is 0 Å². The summed E-state index contributed by atoms with van der Waals surface area (Å²) < 4.78 is 4.66. The molecule has 1 saturated carbocycles. The van der Waals surface area contributed by atoms with E-state index in [2.05, 4.69) is 31.6 Å². The van der Waals surface area contributed by atoms with Gasteiger partial charge in [-0.1, -0.05) is 20.8 Å². The van der Waals surface area contributed by atoms with Crippen LogP contribution in [0.3, 0.4) is 0 Å². The van der Waals surface area contributed by atoms with Gasteiger partial charge in [-0.15, -0.1) is 11.8 Å². The first kappa shape index (κ1) is 15.4. The van der Waals surface area contributed by atoms with Crippen LogP contribution >= 0.6 is 11.8 Å². The van der Waals surface area contributed by atoms with Gasteiger partial charge in [-0.2, -0.15) is 5.26 Å². The fourth-order valence-electron chi connectivity index (χ4n) is 2.48. The lowest BCUT2D eigenvalue weighted by molar-refractivity contribution is -0.137. The topological polar surface area (TPSA) is 50.1 Å². The average Bonchev–Trinajstić information content (AvgIpc) is 2.34. The van der Waals surface area contributed by atoms with Gasteiger partial charge >= 0.3 is 5.97 Å². The van der Waals surface area contributed by atoms with E-state index in [-0.39, 0.29) is 22.6 Å². The first-order chi connectivity index (χ1) is 8.38. The smallest absolute Gasteiger partial charge is 0.315 e. The molecule has 0 spiro atoms. The summed E-state index contributed by atoms with van der Waals surface area (Å²) in [6, 6.07) is 2.39. The van der Waals surface area contributed by atoms with E-state index in [1.807, 2.05) is 0 Å². The Hall–Kier alpha value is -0.690. The summed E-state index contributed by atoms with van der Waals surface area (Å²) >= 11 is 1.59. The molecule has 0 aromatic carbocycles. The zero-order chi connectivity index (χ0) is 13.8. The summed E-state index contributed by atoms with van der Waals surface area (Å²) in [4.78, 5) is 11.2. The summed E-state index contributed by atoms with van der Waals surface area (Å²) in [5, 5.41) is 9.46. The maximum atomic E-state index is 11.2. The van der Waals surface area contributed by atoms with Crippen LogP contribution in [0.4, 0.5) is 0 Å². The normalized spacial score (nSPS) is 28.5. The molecule has 1 aliphatic rings. The molecule has 3 unspecified atom stereocenters. The van der Waals surface area contributed by atoms with Crippen molar-refractivity contribution in [3.8, 4) is 6.07 Å². The number of esters is 1.